The van der Waals surface area contributed by atoms with E-state index in [2.05, 4.69) is 16.1 Å². The Morgan fingerprint density at radius 1 is 1.32 bits per heavy atom. The quantitative estimate of drug-likeness (QED) is 0.567. The molecular weight excluding hydrogens is 375 g/mol. The average molecular weight is 401 g/mol. The summed E-state index contributed by atoms with van der Waals surface area (Å²) in [7, 11) is 3.62. The Bertz CT molecular complexity index is 720. The van der Waals surface area contributed by atoms with Crippen molar-refractivity contribution in [2.75, 3.05) is 20.7 Å². The number of aliphatic hydroxyl groups is 1. The Morgan fingerprint density at radius 3 is 2.57 bits per heavy atom. The number of aliphatic hydroxyl groups excluding tert-OH is 1. The monoisotopic (exact) mass is 401 g/mol. The number of hydrogen-bond donors (Lipinski definition) is 4. The molecule has 4 N–H and O–H groups in total. The maximum Gasteiger partial charge on any atom is 0.266 e. The van der Waals surface area contributed by atoms with Crippen molar-refractivity contribution in [3.05, 3.63) is 35.1 Å². The van der Waals surface area contributed by atoms with Crippen LogP contribution < -0.4 is 16.1 Å². The van der Waals surface area contributed by atoms with Crippen molar-refractivity contribution in [1.29, 1.82) is 0 Å². The molecule has 0 bridgehead atoms. The predicted molar refractivity (Wildman–Crippen MR) is 96.3 cm³/mol. The van der Waals surface area contributed by atoms with Crippen molar-refractivity contribution < 1.29 is 23.1 Å². The SMILES string of the molecule is CC[C@H](c1ccc(C(F)F)c(F)c1)N1NC(CO)C2C(=O)NC(N(C)C)NC21. The van der Waals surface area contributed by atoms with Crippen LogP contribution in [0.2, 0.25) is 0 Å². The number of carbonyl (C=O) groups is 1. The summed E-state index contributed by atoms with van der Waals surface area (Å²) in [4.78, 5) is 14.4. The van der Waals surface area contributed by atoms with Gasteiger partial charge in [-0.3, -0.25) is 15.0 Å². The number of nitrogens with one attached hydrogen (secondary N) is 3. The van der Waals surface area contributed by atoms with Crippen LogP contribution in [0.5, 0.6) is 0 Å². The molecule has 0 aliphatic carbocycles. The molecule has 4 unspecified atom stereocenters. The molecule has 1 amide bonds. The normalized spacial score (nSPS) is 29.2. The fourth-order valence-electron chi connectivity index (χ4n) is 3.93. The molecule has 1 aromatic carbocycles. The van der Waals surface area contributed by atoms with E-state index in [1.54, 1.807) is 9.91 Å². The molecule has 2 heterocycles. The van der Waals surface area contributed by atoms with Crippen molar-refractivity contribution in [3.63, 3.8) is 0 Å². The van der Waals surface area contributed by atoms with Gasteiger partial charge >= 0.3 is 0 Å². The number of hydrogen-bond acceptors (Lipinski definition) is 6. The van der Waals surface area contributed by atoms with Gasteiger partial charge < -0.3 is 10.4 Å². The Morgan fingerprint density at radius 2 is 2.04 bits per heavy atom. The number of carbonyl (C=O) groups excluding carboxylic acids is 1. The van der Waals surface area contributed by atoms with Crippen LogP contribution in [0, 0.1) is 11.7 Å². The first-order valence-corrected chi connectivity index (χ1v) is 9.24. The lowest BCUT2D eigenvalue weighted by atomic mass is 9.95. The van der Waals surface area contributed by atoms with Gasteiger partial charge in [0.1, 0.15) is 12.1 Å². The van der Waals surface area contributed by atoms with Crippen LogP contribution in [0.15, 0.2) is 18.2 Å². The van der Waals surface area contributed by atoms with Gasteiger partial charge in [-0.05, 0) is 32.1 Å². The minimum atomic E-state index is -2.88. The molecule has 1 aromatic rings. The van der Waals surface area contributed by atoms with Gasteiger partial charge in [0.05, 0.1) is 36.3 Å². The molecule has 0 saturated carbocycles. The molecule has 2 saturated heterocycles. The van der Waals surface area contributed by atoms with Crippen molar-refractivity contribution in [1.82, 2.24) is 26.0 Å². The standard InChI is InChI=1S/C18H26F3N5O2/c1-4-13(9-5-6-10(15(20)21)11(19)7-9)26-16-14(12(8-27)24-26)17(28)23-18(22-16)25(2)3/h5-7,12-16,18,22,24,27H,4,8H2,1-3H3,(H,23,28)/t12?,13-,14?,16?,18?/m1/s1. The van der Waals surface area contributed by atoms with Gasteiger partial charge in [-0.15, -0.1) is 0 Å². The molecular formula is C18H26F3N5O2. The maximum atomic E-state index is 14.1. The van der Waals surface area contributed by atoms with E-state index in [-0.39, 0.29) is 18.6 Å². The van der Waals surface area contributed by atoms with Crippen molar-refractivity contribution in [3.8, 4) is 0 Å². The van der Waals surface area contributed by atoms with Crippen LogP contribution in [-0.2, 0) is 4.79 Å². The number of alkyl halides is 2. The number of fused-ring (bicyclic) bond motifs is 1. The van der Waals surface area contributed by atoms with Crippen molar-refractivity contribution in [2.45, 2.75) is 44.3 Å². The predicted octanol–water partition coefficient (Wildman–Crippen LogP) is 0.902. The van der Waals surface area contributed by atoms with E-state index in [1.165, 1.54) is 6.07 Å². The third kappa shape index (κ3) is 3.74. The summed E-state index contributed by atoms with van der Waals surface area (Å²) in [5.41, 5.74) is 3.03. The topological polar surface area (TPSA) is 79.9 Å². The molecule has 156 valence electrons. The van der Waals surface area contributed by atoms with E-state index in [1.807, 2.05) is 21.0 Å². The molecule has 0 aromatic heterocycles. The fourth-order valence-corrected chi connectivity index (χ4v) is 3.93. The summed E-state index contributed by atoms with van der Waals surface area (Å²) in [6, 6.07) is 2.80. The summed E-state index contributed by atoms with van der Waals surface area (Å²) in [5.74, 6) is -1.72. The van der Waals surface area contributed by atoms with Crippen LogP contribution >= 0.6 is 0 Å². The smallest absolute Gasteiger partial charge is 0.266 e. The number of nitrogens with zero attached hydrogens (tertiary/aromatic N) is 2. The van der Waals surface area contributed by atoms with Gasteiger partial charge in [-0.2, -0.15) is 0 Å². The van der Waals surface area contributed by atoms with Crippen LogP contribution in [0.3, 0.4) is 0 Å². The van der Waals surface area contributed by atoms with E-state index in [0.717, 1.165) is 12.1 Å². The molecule has 2 fully saturated rings. The summed E-state index contributed by atoms with van der Waals surface area (Å²) in [6.07, 6.45) is -3.21. The van der Waals surface area contributed by atoms with Gasteiger partial charge in [0, 0.05) is 0 Å². The zero-order valence-electron chi connectivity index (χ0n) is 16.0. The first-order chi connectivity index (χ1) is 13.3. The first-order valence-electron chi connectivity index (χ1n) is 9.24. The second-order valence-electron chi connectivity index (χ2n) is 7.34. The van der Waals surface area contributed by atoms with Gasteiger partial charge in [-0.1, -0.05) is 19.1 Å². The molecule has 2 aliphatic rings. The summed E-state index contributed by atoms with van der Waals surface area (Å²) in [6.45, 7) is 1.63. The summed E-state index contributed by atoms with van der Waals surface area (Å²) < 4.78 is 39.9. The fraction of sp³-hybridized carbons (Fsp3) is 0.611. The molecule has 0 spiro atoms. The zero-order chi connectivity index (χ0) is 20.6. The third-order valence-electron chi connectivity index (χ3n) is 5.38. The lowest BCUT2D eigenvalue weighted by Gasteiger charge is -2.41. The molecule has 5 atom stereocenters. The largest absolute Gasteiger partial charge is 0.395 e. The molecule has 2 aliphatic heterocycles. The highest BCUT2D eigenvalue weighted by Gasteiger charge is 2.51. The number of halogens is 3. The maximum absolute atomic E-state index is 14.1. The summed E-state index contributed by atoms with van der Waals surface area (Å²) in [5, 5.41) is 17.7. The minimum Gasteiger partial charge on any atom is -0.395 e. The van der Waals surface area contributed by atoms with E-state index >= 15 is 0 Å². The molecule has 3 rings (SSSR count). The number of amides is 1. The van der Waals surface area contributed by atoms with Gasteiger partial charge in [0.15, 0.2) is 0 Å². The lowest BCUT2D eigenvalue weighted by molar-refractivity contribution is -0.133. The second-order valence-corrected chi connectivity index (χ2v) is 7.34. The molecule has 0 radical (unpaired) electrons. The Balaban J connectivity index is 1.93. The summed E-state index contributed by atoms with van der Waals surface area (Å²) >= 11 is 0. The van der Waals surface area contributed by atoms with Gasteiger partial charge in [-0.25, -0.2) is 23.6 Å². The highest BCUT2D eigenvalue weighted by Crippen LogP contribution is 2.35. The van der Waals surface area contributed by atoms with Crippen LogP contribution in [0.4, 0.5) is 13.2 Å². The Hall–Kier alpha value is -1.72. The third-order valence-corrected chi connectivity index (χ3v) is 5.38. The first kappa shape index (κ1) is 21.0. The highest BCUT2D eigenvalue weighted by atomic mass is 19.3. The van der Waals surface area contributed by atoms with Gasteiger partial charge in [0.25, 0.3) is 6.43 Å². The molecule has 7 nitrogen and oxygen atoms in total. The van der Waals surface area contributed by atoms with Crippen LogP contribution in [0.1, 0.15) is 36.9 Å². The number of benzene rings is 1. The second kappa shape index (κ2) is 8.34. The average Bonchev–Trinajstić information content (AvgIpc) is 3.01. The van der Waals surface area contributed by atoms with E-state index in [4.69, 9.17) is 0 Å². The lowest BCUT2D eigenvalue weighted by Crippen LogP contribution is -2.68. The number of rotatable bonds is 6. The Kier molecular flexibility index (Phi) is 6.25. The minimum absolute atomic E-state index is 0.203. The van der Waals surface area contributed by atoms with Crippen molar-refractivity contribution >= 4 is 5.91 Å². The van der Waals surface area contributed by atoms with Gasteiger partial charge in [0.2, 0.25) is 5.91 Å². The van der Waals surface area contributed by atoms with Crippen LogP contribution in [-0.4, -0.2) is 60.1 Å². The Labute approximate surface area is 161 Å². The van der Waals surface area contributed by atoms with E-state index in [9.17, 15) is 23.1 Å². The molecule has 10 heteroatoms. The zero-order valence-corrected chi connectivity index (χ0v) is 16.0. The molecule has 28 heavy (non-hydrogen) atoms. The highest BCUT2D eigenvalue weighted by molar-refractivity contribution is 5.81. The van der Waals surface area contributed by atoms with E-state index < -0.39 is 42.2 Å². The number of hydrazine groups is 1. The van der Waals surface area contributed by atoms with Crippen molar-refractivity contribution in [2.24, 2.45) is 5.92 Å². The van der Waals surface area contributed by atoms with E-state index in [0.29, 0.717) is 12.0 Å². The van der Waals surface area contributed by atoms with Crippen LogP contribution in [0.25, 0.3) is 0 Å².